The summed E-state index contributed by atoms with van der Waals surface area (Å²) in [6, 6.07) is 13.8. The summed E-state index contributed by atoms with van der Waals surface area (Å²) >= 11 is 0. The van der Waals surface area contributed by atoms with E-state index in [0.29, 0.717) is 5.89 Å². The minimum atomic E-state index is -0.556. The molecule has 0 N–H and O–H groups in total. The summed E-state index contributed by atoms with van der Waals surface area (Å²) in [6.07, 6.45) is 0. The predicted molar refractivity (Wildman–Crippen MR) is 101 cm³/mol. The first kappa shape index (κ1) is 18.8. The molecular formula is C21H22FN3O2. The fraction of sp³-hybridized carbons (Fsp3) is 0.286. The smallest absolute Gasteiger partial charge is 0.257 e. The molecule has 0 aliphatic heterocycles. The Labute approximate surface area is 157 Å². The van der Waals surface area contributed by atoms with Crippen LogP contribution in [-0.2, 0) is 12.0 Å². The molecule has 0 atom stereocenters. The van der Waals surface area contributed by atoms with E-state index in [-0.39, 0.29) is 23.4 Å². The van der Waals surface area contributed by atoms with Crippen molar-refractivity contribution >= 4 is 5.91 Å². The van der Waals surface area contributed by atoms with Gasteiger partial charge in [0.15, 0.2) is 0 Å². The number of nitrogens with zero attached hydrogens (tertiary/aromatic N) is 3. The third kappa shape index (κ3) is 4.22. The van der Waals surface area contributed by atoms with Crippen molar-refractivity contribution in [1.82, 2.24) is 15.1 Å². The monoisotopic (exact) mass is 367 g/mol. The molecule has 0 spiro atoms. The molecule has 140 valence electrons. The van der Waals surface area contributed by atoms with Crippen LogP contribution in [0.15, 0.2) is 52.9 Å². The van der Waals surface area contributed by atoms with E-state index in [1.807, 2.05) is 24.3 Å². The van der Waals surface area contributed by atoms with E-state index in [9.17, 15) is 9.18 Å². The molecule has 0 aliphatic rings. The zero-order valence-electron chi connectivity index (χ0n) is 15.9. The van der Waals surface area contributed by atoms with Crippen molar-refractivity contribution in [3.8, 4) is 11.5 Å². The Morgan fingerprint density at radius 2 is 1.74 bits per heavy atom. The normalized spacial score (nSPS) is 11.4. The number of carbonyl (C=O) groups excluding carboxylic acids is 1. The number of rotatable bonds is 4. The average Bonchev–Trinajstić information content (AvgIpc) is 3.09. The molecule has 1 amide bonds. The van der Waals surface area contributed by atoms with Gasteiger partial charge in [0.2, 0.25) is 11.8 Å². The van der Waals surface area contributed by atoms with Crippen LogP contribution in [0.5, 0.6) is 0 Å². The number of hydrogen-bond donors (Lipinski definition) is 0. The van der Waals surface area contributed by atoms with Gasteiger partial charge in [0.25, 0.3) is 5.91 Å². The Kier molecular flexibility index (Phi) is 5.08. The highest BCUT2D eigenvalue weighted by molar-refractivity contribution is 5.94. The summed E-state index contributed by atoms with van der Waals surface area (Å²) in [5, 5.41) is 8.05. The molecule has 0 unspecified atom stereocenters. The number of halogens is 1. The van der Waals surface area contributed by atoms with Gasteiger partial charge in [-0.15, -0.1) is 10.2 Å². The van der Waals surface area contributed by atoms with Gasteiger partial charge in [-0.2, -0.15) is 0 Å². The first-order valence-electron chi connectivity index (χ1n) is 8.69. The van der Waals surface area contributed by atoms with Crippen LogP contribution < -0.4 is 0 Å². The highest BCUT2D eigenvalue weighted by atomic mass is 19.1. The van der Waals surface area contributed by atoms with E-state index >= 15 is 0 Å². The second kappa shape index (κ2) is 7.31. The maximum absolute atomic E-state index is 13.8. The lowest BCUT2D eigenvalue weighted by Crippen LogP contribution is -2.27. The lowest BCUT2D eigenvalue weighted by molar-refractivity contribution is 0.0768. The molecule has 3 aromatic rings. The van der Waals surface area contributed by atoms with E-state index in [2.05, 4.69) is 31.0 Å². The second-order valence-corrected chi connectivity index (χ2v) is 7.47. The van der Waals surface area contributed by atoms with Gasteiger partial charge >= 0.3 is 0 Å². The van der Waals surface area contributed by atoms with Gasteiger partial charge in [0, 0.05) is 12.6 Å². The number of hydrogen-bond acceptors (Lipinski definition) is 4. The van der Waals surface area contributed by atoms with Gasteiger partial charge < -0.3 is 9.32 Å². The molecule has 27 heavy (non-hydrogen) atoms. The highest BCUT2D eigenvalue weighted by Gasteiger charge is 2.19. The molecule has 5 nitrogen and oxygen atoms in total. The van der Waals surface area contributed by atoms with Crippen molar-refractivity contribution < 1.29 is 13.6 Å². The molecule has 0 aliphatic carbocycles. The molecule has 6 heteroatoms. The highest BCUT2D eigenvalue weighted by Crippen LogP contribution is 2.25. The molecule has 0 fully saturated rings. The van der Waals surface area contributed by atoms with E-state index in [1.54, 1.807) is 19.2 Å². The van der Waals surface area contributed by atoms with Crippen molar-refractivity contribution in [3.05, 3.63) is 71.4 Å². The van der Waals surface area contributed by atoms with E-state index in [1.165, 1.54) is 22.6 Å². The van der Waals surface area contributed by atoms with Crippen LogP contribution in [0.2, 0.25) is 0 Å². The minimum Gasteiger partial charge on any atom is -0.419 e. The quantitative estimate of drug-likeness (QED) is 0.684. The second-order valence-electron chi connectivity index (χ2n) is 7.47. The number of aromatic nitrogens is 2. The van der Waals surface area contributed by atoms with Crippen LogP contribution in [0, 0.1) is 5.82 Å². The number of benzene rings is 2. The summed E-state index contributed by atoms with van der Waals surface area (Å²) in [6.45, 7) is 6.54. The maximum atomic E-state index is 13.8. The van der Waals surface area contributed by atoms with Crippen LogP contribution in [-0.4, -0.2) is 28.1 Å². The summed E-state index contributed by atoms with van der Waals surface area (Å²) in [5.41, 5.74) is 2.09. The number of carbonyl (C=O) groups is 1. The summed E-state index contributed by atoms with van der Waals surface area (Å²) in [7, 11) is 1.57. The standard InChI is InChI=1S/C21H22FN3O2/c1-21(2,3)15-11-9-14(10-12-15)19-24-23-18(27-19)13-25(4)20(26)16-7-5-6-8-17(16)22/h5-12H,13H2,1-4H3. The van der Waals surface area contributed by atoms with E-state index < -0.39 is 11.7 Å². The minimum absolute atomic E-state index is 0.0116. The molecule has 3 rings (SSSR count). The van der Waals surface area contributed by atoms with E-state index in [4.69, 9.17) is 4.42 Å². The topological polar surface area (TPSA) is 59.2 Å². The lowest BCUT2D eigenvalue weighted by Gasteiger charge is -2.18. The van der Waals surface area contributed by atoms with Crippen molar-refractivity contribution in [2.75, 3.05) is 7.05 Å². The Morgan fingerprint density at radius 3 is 2.37 bits per heavy atom. The molecule has 1 heterocycles. The van der Waals surface area contributed by atoms with Crippen LogP contribution in [0.3, 0.4) is 0 Å². The molecule has 1 aromatic heterocycles. The molecule has 0 saturated heterocycles. The summed E-state index contributed by atoms with van der Waals surface area (Å²) in [5.74, 6) is -0.323. The van der Waals surface area contributed by atoms with Gasteiger partial charge in [-0.25, -0.2) is 4.39 Å². The molecular weight excluding hydrogens is 345 g/mol. The zero-order valence-corrected chi connectivity index (χ0v) is 15.9. The summed E-state index contributed by atoms with van der Waals surface area (Å²) < 4.78 is 19.5. The van der Waals surface area contributed by atoms with E-state index in [0.717, 1.165) is 5.56 Å². The Bertz CT molecular complexity index is 943. The van der Waals surface area contributed by atoms with Crippen LogP contribution in [0.4, 0.5) is 4.39 Å². The van der Waals surface area contributed by atoms with Crippen molar-refractivity contribution in [2.24, 2.45) is 0 Å². The molecule has 2 aromatic carbocycles. The summed E-state index contributed by atoms with van der Waals surface area (Å²) in [4.78, 5) is 13.7. The van der Waals surface area contributed by atoms with Crippen LogP contribution in [0.1, 0.15) is 42.6 Å². The largest absolute Gasteiger partial charge is 0.419 e. The van der Waals surface area contributed by atoms with Gasteiger partial charge in [-0.1, -0.05) is 45.0 Å². The zero-order chi connectivity index (χ0) is 19.6. The fourth-order valence-corrected chi connectivity index (χ4v) is 2.66. The van der Waals surface area contributed by atoms with Crippen LogP contribution >= 0.6 is 0 Å². The maximum Gasteiger partial charge on any atom is 0.257 e. The Balaban J connectivity index is 1.72. The third-order valence-electron chi connectivity index (χ3n) is 4.29. The van der Waals surface area contributed by atoms with Crippen molar-refractivity contribution in [2.45, 2.75) is 32.7 Å². The molecule has 0 bridgehead atoms. The van der Waals surface area contributed by atoms with Gasteiger partial charge in [-0.05, 0) is 35.2 Å². The van der Waals surface area contributed by atoms with Gasteiger partial charge in [0.1, 0.15) is 5.82 Å². The van der Waals surface area contributed by atoms with Crippen LogP contribution in [0.25, 0.3) is 11.5 Å². The number of amides is 1. The van der Waals surface area contributed by atoms with Crippen molar-refractivity contribution in [3.63, 3.8) is 0 Å². The molecule has 0 saturated carbocycles. The predicted octanol–water partition coefficient (Wildman–Crippen LogP) is 4.45. The third-order valence-corrected chi connectivity index (χ3v) is 4.29. The van der Waals surface area contributed by atoms with Gasteiger partial charge in [-0.3, -0.25) is 4.79 Å². The van der Waals surface area contributed by atoms with Gasteiger partial charge in [0.05, 0.1) is 12.1 Å². The Morgan fingerprint density at radius 1 is 1.07 bits per heavy atom. The Hall–Kier alpha value is -3.02. The van der Waals surface area contributed by atoms with Crippen molar-refractivity contribution in [1.29, 1.82) is 0 Å². The fourth-order valence-electron chi connectivity index (χ4n) is 2.66. The SMILES string of the molecule is CN(Cc1nnc(-c2ccc(C(C)(C)C)cc2)o1)C(=O)c1ccccc1F. The molecule has 0 radical (unpaired) electrons. The lowest BCUT2D eigenvalue weighted by atomic mass is 9.87. The first-order chi connectivity index (χ1) is 12.8. The first-order valence-corrected chi connectivity index (χ1v) is 8.69. The average molecular weight is 367 g/mol.